The molecule has 0 atom stereocenters. The quantitative estimate of drug-likeness (QED) is 0.316. The minimum Gasteiger partial charge on any atom is -0.341 e. The van der Waals surface area contributed by atoms with Crippen molar-refractivity contribution >= 4 is 44.3 Å². The third-order valence-electron chi connectivity index (χ3n) is 4.72. The Morgan fingerprint density at radius 3 is 2.66 bits per heavy atom. The van der Waals surface area contributed by atoms with Gasteiger partial charge in [-0.2, -0.15) is 0 Å². The molecule has 5 rings (SSSR count). The van der Waals surface area contributed by atoms with Crippen molar-refractivity contribution < 1.29 is 0 Å². The van der Waals surface area contributed by atoms with Gasteiger partial charge >= 0.3 is 0 Å². The summed E-state index contributed by atoms with van der Waals surface area (Å²) in [6, 6.07) is 19.6. The number of rotatable bonds is 5. The number of nitrogens with one attached hydrogen (secondary N) is 1. The number of benzene rings is 2. The van der Waals surface area contributed by atoms with Gasteiger partial charge in [0.15, 0.2) is 5.16 Å². The first-order valence-corrected chi connectivity index (χ1v) is 11.2. The van der Waals surface area contributed by atoms with Crippen molar-refractivity contribution in [1.82, 2.24) is 19.5 Å². The maximum atomic E-state index is 13.3. The van der Waals surface area contributed by atoms with Gasteiger partial charge in [-0.1, -0.05) is 49.0 Å². The van der Waals surface area contributed by atoms with Crippen molar-refractivity contribution in [2.24, 2.45) is 0 Å². The summed E-state index contributed by atoms with van der Waals surface area (Å²) in [7, 11) is 0. The highest BCUT2D eigenvalue weighted by Crippen LogP contribution is 2.28. The molecule has 1 N–H and O–H groups in total. The first-order valence-electron chi connectivity index (χ1n) is 9.40. The Kier molecular flexibility index (Phi) is 4.69. The largest absolute Gasteiger partial charge is 0.341 e. The first kappa shape index (κ1) is 18.1. The minimum atomic E-state index is -0.0238. The minimum absolute atomic E-state index is 0.0238. The Morgan fingerprint density at radius 2 is 1.86 bits per heavy atom. The Morgan fingerprint density at radius 1 is 1.07 bits per heavy atom. The number of nitrogens with zero attached hydrogens (tertiary/aromatic N) is 3. The van der Waals surface area contributed by atoms with Gasteiger partial charge in [-0.15, -0.1) is 11.3 Å². The first-order chi connectivity index (χ1) is 14.2. The highest BCUT2D eigenvalue weighted by Gasteiger charge is 2.16. The molecule has 0 aliphatic rings. The molecule has 0 saturated heterocycles. The van der Waals surface area contributed by atoms with E-state index in [-0.39, 0.29) is 5.56 Å². The highest BCUT2D eigenvalue weighted by molar-refractivity contribution is 7.98. The zero-order valence-corrected chi connectivity index (χ0v) is 17.4. The topological polar surface area (TPSA) is 63.6 Å². The molecule has 29 heavy (non-hydrogen) atoms. The van der Waals surface area contributed by atoms with E-state index >= 15 is 0 Å². The lowest BCUT2D eigenvalue weighted by Crippen LogP contribution is -2.21. The monoisotopic (exact) mass is 418 g/mol. The molecule has 0 fully saturated rings. The summed E-state index contributed by atoms with van der Waals surface area (Å²) in [5.41, 5.74) is 2.75. The molecule has 3 aromatic heterocycles. The maximum absolute atomic E-state index is 13.3. The van der Waals surface area contributed by atoms with Crippen LogP contribution in [-0.2, 0) is 12.2 Å². The number of hydrogen-bond acceptors (Lipinski definition) is 5. The Hall–Kier alpha value is -2.90. The van der Waals surface area contributed by atoms with Crippen LogP contribution in [0.25, 0.3) is 26.9 Å². The van der Waals surface area contributed by atoms with Gasteiger partial charge in [-0.3, -0.25) is 9.36 Å². The van der Waals surface area contributed by atoms with E-state index in [1.807, 2.05) is 60.7 Å². The fourth-order valence-electron chi connectivity index (χ4n) is 3.29. The smallest absolute Gasteiger partial charge is 0.267 e. The lowest BCUT2D eigenvalue weighted by Gasteiger charge is -2.11. The van der Waals surface area contributed by atoms with Gasteiger partial charge in [0, 0.05) is 4.88 Å². The van der Waals surface area contributed by atoms with Crippen LogP contribution in [0, 0.1) is 0 Å². The number of imidazole rings is 1. The van der Waals surface area contributed by atoms with Gasteiger partial charge in [-0.25, -0.2) is 9.97 Å². The number of thiophene rings is 1. The molecule has 5 aromatic rings. The number of para-hydroxylation sites is 3. The van der Waals surface area contributed by atoms with Crippen LogP contribution in [0.2, 0.25) is 0 Å². The molecule has 0 radical (unpaired) electrons. The Balaban J connectivity index is 1.60. The lowest BCUT2D eigenvalue weighted by atomic mass is 10.3. The number of aromatic nitrogens is 4. The SMILES string of the molecule is CCc1cc2c(=O)n(-c3ccccc3)c(SCc3nc4ccccc4[nH]3)nc2s1. The van der Waals surface area contributed by atoms with Crippen molar-refractivity contribution in [2.45, 2.75) is 24.3 Å². The maximum Gasteiger partial charge on any atom is 0.267 e. The van der Waals surface area contributed by atoms with E-state index in [1.54, 1.807) is 15.9 Å². The van der Waals surface area contributed by atoms with E-state index in [0.29, 0.717) is 16.3 Å². The molecule has 7 heteroatoms. The van der Waals surface area contributed by atoms with Gasteiger partial charge in [0.2, 0.25) is 0 Å². The summed E-state index contributed by atoms with van der Waals surface area (Å²) in [5.74, 6) is 1.47. The number of thioether (sulfide) groups is 1. The van der Waals surface area contributed by atoms with Gasteiger partial charge < -0.3 is 4.98 Å². The molecule has 0 unspecified atom stereocenters. The molecule has 144 valence electrons. The molecular weight excluding hydrogens is 400 g/mol. The molecule has 2 aromatic carbocycles. The van der Waals surface area contributed by atoms with E-state index in [1.165, 1.54) is 16.6 Å². The van der Waals surface area contributed by atoms with Crippen LogP contribution in [0.1, 0.15) is 17.6 Å². The second-order valence-electron chi connectivity index (χ2n) is 6.64. The van der Waals surface area contributed by atoms with Crippen LogP contribution in [-0.4, -0.2) is 19.5 Å². The fourth-order valence-corrected chi connectivity index (χ4v) is 5.19. The normalized spacial score (nSPS) is 11.5. The predicted octanol–water partition coefficient (Wildman–Crippen LogP) is 5.18. The van der Waals surface area contributed by atoms with Crippen molar-refractivity contribution in [3.8, 4) is 5.69 Å². The van der Waals surface area contributed by atoms with Crippen molar-refractivity contribution in [1.29, 1.82) is 0 Å². The van der Waals surface area contributed by atoms with Crippen LogP contribution in [0.5, 0.6) is 0 Å². The van der Waals surface area contributed by atoms with Crippen molar-refractivity contribution in [3.63, 3.8) is 0 Å². The zero-order chi connectivity index (χ0) is 19.8. The summed E-state index contributed by atoms with van der Waals surface area (Å²) >= 11 is 3.11. The Bertz CT molecular complexity index is 1340. The van der Waals surface area contributed by atoms with E-state index in [9.17, 15) is 4.79 Å². The predicted molar refractivity (Wildman–Crippen MR) is 120 cm³/mol. The molecular formula is C22H18N4OS2. The molecule has 0 saturated carbocycles. The summed E-state index contributed by atoms with van der Waals surface area (Å²) in [6.45, 7) is 2.09. The van der Waals surface area contributed by atoms with Gasteiger partial charge in [0.25, 0.3) is 5.56 Å². The van der Waals surface area contributed by atoms with Crippen molar-refractivity contribution in [3.05, 3.63) is 81.7 Å². The van der Waals surface area contributed by atoms with Crippen LogP contribution >= 0.6 is 23.1 Å². The molecule has 0 aliphatic carbocycles. The third kappa shape index (κ3) is 3.36. The van der Waals surface area contributed by atoms with E-state index in [0.717, 1.165) is 33.8 Å². The fraction of sp³-hybridized carbons (Fsp3) is 0.136. The molecule has 0 spiro atoms. The van der Waals surface area contributed by atoms with E-state index in [4.69, 9.17) is 4.98 Å². The molecule has 5 nitrogen and oxygen atoms in total. The number of aromatic amines is 1. The second kappa shape index (κ2) is 7.50. The summed E-state index contributed by atoms with van der Waals surface area (Å²) in [5, 5.41) is 1.36. The van der Waals surface area contributed by atoms with E-state index < -0.39 is 0 Å². The van der Waals surface area contributed by atoms with Gasteiger partial charge in [0.05, 0.1) is 27.9 Å². The summed E-state index contributed by atoms with van der Waals surface area (Å²) in [6.07, 6.45) is 0.896. The van der Waals surface area contributed by atoms with Crippen LogP contribution < -0.4 is 5.56 Å². The zero-order valence-electron chi connectivity index (χ0n) is 15.8. The van der Waals surface area contributed by atoms with E-state index in [2.05, 4.69) is 16.9 Å². The highest BCUT2D eigenvalue weighted by atomic mass is 32.2. The average Bonchev–Trinajstić information content (AvgIpc) is 3.36. The number of H-pyrrole nitrogens is 1. The number of hydrogen-bond donors (Lipinski definition) is 1. The number of fused-ring (bicyclic) bond motifs is 2. The molecule has 3 heterocycles. The van der Waals surface area contributed by atoms with Crippen LogP contribution in [0.3, 0.4) is 0 Å². The van der Waals surface area contributed by atoms with Crippen molar-refractivity contribution in [2.75, 3.05) is 0 Å². The van der Waals surface area contributed by atoms with Gasteiger partial charge in [0.1, 0.15) is 10.7 Å². The van der Waals surface area contributed by atoms with Crippen LogP contribution in [0.15, 0.2) is 70.6 Å². The summed E-state index contributed by atoms with van der Waals surface area (Å²) in [4.78, 5) is 28.1. The number of aryl methyl sites for hydroxylation is 1. The Labute approximate surface area is 175 Å². The molecule has 0 amide bonds. The summed E-state index contributed by atoms with van der Waals surface area (Å²) < 4.78 is 1.71. The third-order valence-corrected chi connectivity index (χ3v) is 6.85. The van der Waals surface area contributed by atoms with Gasteiger partial charge in [-0.05, 0) is 36.8 Å². The molecule has 0 aliphatic heterocycles. The average molecular weight is 419 g/mol. The lowest BCUT2D eigenvalue weighted by molar-refractivity contribution is 0.821. The molecule has 0 bridgehead atoms. The second-order valence-corrected chi connectivity index (χ2v) is 8.70. The van der Waals surface area contributed by atoms with Crippen LogP contribution in [0.4, 0.5) is 0 Å². The standard InChI is InChI=1S/C22H18N4OS2/c1-2-15-12-16-20(29-15)25-22(26(21(16)27)14-8-4-3-5-9-14)28-13-19-23-17-10-6-7-11-18(17)24-19/h3-12H,2,13H2,1H3,(H,23,24).